The average Bonchev–Trinajstić information content (AvgIpc) is 2.84. The minimum atomic E-state index is -1.02. The molecule has 0 bridgehead atoms. The Balaban J connectivity index is 1.77. The van der Waals surface area contributed by atoms with Gasteiger partial charge < -0.3 is 20.9 Å². The lowest BCUT2D eigenvalue weighted by Gasteiger charge is -2.24. The Kier molecular flexibility index (Phi) is 8.51. The first-order chi connectivity index (χ1) is 16.0. The Labute approximate surface area is 193 Å². The number of carboxylic acids is 1. The van der Waals surface area contributed by atoms with E-state index in [1.165, 1.54) is 0 Å². The van der Waals surface area contributed by atoms with E-state index in [9.17, 15) is 9.59 Å². The number of nitrogens with zero attached hydrogens (tertiary/aromatic N) is 2. The molecule has 8 heteroatoms. The van der Waals surface area contributed by atoms with Gasteiger partial charge in [-0.05, 0) is 53.9 Å². The van der Waals surface area contributed by atoms with Crippen LogP contribution in [0.5, 0.6) is 5.75 Å². The van der Waals surface area contributed by atoms with Crippen molar-refractivity contribution >= 4 is 17.6 Å². The van der Waals surface area contributed by atoms with Crippen LogP contribution in [-0.2, 0) is 17.9 Å². The van der Waals surface area contributed by atoms with Crippen molar-refractivity contribution in [1.29, 1.82) is 0 Å². The molecule has 1 aromatic heterocycles. The molecule has 0 spiro atoms. The van der Waals surface area contributed by atoms with Gasteiger partial charge in [-0.25, -0.2) is 0 Å². The number of hydrogen-bond acceptors (Lipinski definition) is 6. The molecule has 1 heterocycles. The Bertz CT molecular complexity index is 1070. The van der Waals surface area contributed by atoms with Crippen molar-refractivity contribution < 1.29 is 19.4 Å². The maximum Gasteiger partial charge on any atom is 0.320 e. The van der Waals surface area contributed by atoms with Crippen molar-refractivity contribution in [1.82, 2.24) is 9.88 Å². The van der Waals surface area contributed by atoms with E-state index in [0.717, 1.165) is 11.1 Å². The summed E-state index contributed by atoms with van der Waals surface area (Å²) in [4.78, 5) is 30.2. The number of benzene rings is 2. The molecule has 3 aromatic rings. The summed E-state index contributed by atoms with van der Waals surface area (Å²) >= 11 is 0. The van der Waals surface area contributed by atoms with Crippen molar-refractivity contribution in [3.63, 3.8) is 0 Å². The fourth-order valence-corrected chi connectivity index (χ4v) is 3.39. The highest BCUT2D eigenvalue weighted by atomic mass is 16.5. The molecular weight excluding hydrogens is 420 g/mol. The third-order valence-electron chi connectivity index (χ3n) is 5.22. The molecule has 3 rings (SSSR count). The first-order valence-electron chi connectivity index (χ1n) is 10.6. The molecule has 0 unspecified atom stereocenters. The van der Waals surface area contributed by atoms with Crippen LogP contribution in [0.3, 0.4) is 0 Å². The van der Waals surface area contributed by atoms with Gasteiger partial charge in [-0.15, -0.1) is 0 Å². The topological polar surface area (TPSA) is 118 Å². The molecule has 0 aliphatic carbocycles. The van der Waals surface area contributed by atoms with E-state index in [0.29, 0.717) is 43.1 Å². The Hall–Kier alpha value is -3.75. The van der Waals surface area contributed by atoms with Crippen LogP contribution in [0.15, 0.2) is 73.1 Å². The van der Waals surface area contributed by atoms with Crippen LogP contribution in [0, 0.1) is 0 Å². The molecule has 0 radical (unpaired) electrons. The zero-order valence-electron chi connectivity index (χ0n) is 18.5. The minimum absolute atomic E-state index is 0.241. The number of aromatic nitrogens is 1. The number of rotatable bonds is 11. The molecule has 2 aromatic carbocycles. The van der Waals surface area contributed by atoms with E-state index < -0.39 is 12.0 Å². The minimum Gasteiger partial charge on any atom is -0.497 e. The molecule has 4 N–H and O–H groups in total. The Morgan fingerprint density at radius 3 is 2.58 bits per heavy atom. The smallest absolute Gasteiger partial charge is 0.320 e. The van der Waals surface area contributed by atoms with Crippen molar-refractivity contribution in [2.75, 3.05) is 19.0 Å². The van der Waals surface area contributed by atoms with E-state index in [4.69, 9.17) is 15.6 Å². The molecule has 172 valence electrons. The van der Waals surface area contributed by atoms with Gasteiger partial charge in [0.1, 0.15) is 11.8 Å². The SMILES string of the molecule is COc1cccc(C(=O)Nc2ccccc2CN(CC[C@H](N)C(=O)O)Cc2ccncc2)c1. The summed E-state index contributed by atoms with van der Waals surface area (Å²) in [6.07, 6.45) is 3.75. The number of hydrogen-bond donors (Lipinski definition) is 3. The number of carbonyl (C=O) groups excluding carboxylic acids is 1. The van der Waals surface area contributed by atoms with Crippen LogP contribution in [0.1, 0.15) is 27.9 Å². The second kappa shape index (κ2) is 11.8. The number of carbonyl (C=O) groups is 2. The maximum atomic E-state index is 12.8. The second-order valence-electron chi connectivity index (χ2n) is 7.64. The van der Waals surface area contributed by atoms with Crippen LogP contribution < -0.4 is 15.8 Å². The number of amides is 1. The highest BCUT2D eigenvalue weighted by Gasteiger charge is 2.17. The van der Waals surface area contributed by atoms with Crippen LogP contribution in [0.4, 0.5) is 5.69 Å². The molecule has 0 aliphatic rings. The molecule has 8 nitrogen and oxygen atoms in total. The number of nitrogens with two attached hydrogens (primary N) is 1. The molecule has 1 amide bonds. The highest BCUT2D eigenvalue weighted by molar-refractivity contribution is 6.04. The number of aliphatic carboxylic acids is 1. The van der Waals surface area contributed by atoms with Gasteiger partial charge >= 0.3 is 5.97 Å². The predicted octanol–water partition coefficient (Wildman–Crippen LogP) is 3.15. The van der Waals surface area contributed by atoms with Gasteiger partial charge in [-0.1, -0.05) is 24.3 Å². The summed E-state index contributed by atoms with van der Waals surface area (Å²) in [5, 5.41) is 12.1. The van der Waals surface area contributed by atoms with Gasteiger partial charge in [0, 0.05) is 43.3 Å². The molecule has 0 aliphatic heterocycles. The average molecular weight is 449 g/mol. The van der Waals surface area contributed by atoms with E-state index in [-0.39, 0.29) is 5.91 Å². The standard InChI is InChI=1S/C25H28N4O4/c1-33-21-7-4-6-19(15-21)24(30)28-23-8-3-2-5-20(23)17-29(14-11-22(26)25(31)32)16-18-9-12-27-13-10-18/h2-10,12-13,15,22H,11,14,16-17,26H2,1H3,(H,28,30)(H,31,32)/t22-/m0/s1. The van der Waals surface area contributed by atoms with Gasteiger partial charge in [0.15, 0.2) is 0 Å². The molecule has 33 heavy (non-hydrogen) atoms. The lowest BCUT2D eigenvalue weighted by molar-refractivity contribution is -0.138. The summed E-state index contributed by atoms with van der Waals surface area (Å²) in [5.41, 5.74) is 8.87. The third kappa shape index (κ3) is 7.13. The summed E-state index contributed by atoms with van der Waals surface area (Å²) in [6.45, 7) is 1.57. The van der Waals surface area contributed by atoms with E-state index >= 15 is 0 Å². The zero-order valence-corrected chi connectivity index (χ0v) is 18.5. The van der Waals surface area contributed by atoms with Crippen LogP contribution in [0.2, 0.25) is 0 Å². The molecule has 0 saturated carbocycles. The van der Waals surface area contributed by atoms with Crippen LogP contribution >= 0.6 is 0 Å². The van der Waals surface area contributed by atoms with E-state index in [1.807, 2.05) is 36.4 Å². The maximum absolute atomic E-state index is 12.8. The van der Waals surface area contributed by atoms with Gasteiger partial charge in [0.2, 0.25) is 0 Å². The fraction of sp³-hybridized carbons (Fsp3) is 0.240. The summed E-state index contributed by atoms with van der Waals surface area (Å²) in [7, 11) is 1.56. The molecular formula is C25H28N4O4. The summed E-state index contributed by atoms with van der Waals surface area (Å²) in [5.74, 6) is -0.658. The quantitative estimate of drug-likeness (QED) is 0.412. The number of carboxylic acid groups (broad SMARTS) is 1. The lowest BCUT2D eigenvalue weighted by atomic mass is 10.1. The number of pyridine rings is 1. The van der Waals surface area contributed by atoms with E-state index in [2.05, 4.69) is 15.2 Å². The van der Waals surface area contributed by atoms with E-state index in [1.54, 1.807) is 43.8 Å². The zero-order chi connectivity index (χ0) is 23.6. The summed E-state index contributed by atoms with van der Waals surface area (Å²) in [6, 6.07) is 17.4. The monoisotopic (exact) mass is 448 g/mol. The Morgan fingerprint density at radius 2 is 1.85 bits per heavy atom. The highest BCUT2D eigenvalue weighted by Crippen LogP contribution is 2.21. The normalized spacial score (nSPS) is 11.7. The van der Waals surface area contributed by atoms with Crippen molar-refractivity contribution in [2.45, 2.75) is 25.6 Å². The lowest BCUT2D eigenvalue weighted by Crippen LogP contribution is -2.35. The molecule has 1 atom stereocenters. The summed E-state index contributed by atoms with van der Waals surface area (Å²) < 4.78 is 5.21. The number of anilines is 1. The number of ether oxygens (including phenoxy) is 1. The largest absolute Gasteiger partial charge is 0.497 e. The van der Waals surface area contributed by atoms with Crippen molar-refractivity contribution in [3.05, 3.63) is 89.7 Å². The van der Waals surface area contributed by atoms with Gasteiger partial charge in [-0.2, -0.15) is 0 Å². The van der Waals surface area contributed by atoms with Crippen LogP contribution in [-0.4, -0.2) is 46.6 Å². The van der Waals surface area contributed by atoms with Crippen LogP contribution in [0.25, 0.3) is 0 Å². The number of methoxy groups -OCH3 is 1. The van der Waals surface area contributed by atoms with Crippen molar-refractivity contribution in [3.8, 4) is 5.75 Å². The Morgan fingerprint density at radius 1 is 1.09 bits per heavy atom. The van der Waals surface area contributed by atoms with Crippen molar-refractivity contribution in [2.24, 2.45) is 5.73 Å². The predicted molar refractivity (Wildman–Crippen MR) is 126 cm³/mol. The van der Waals surface area contributed by atoms with Gasteiger partial charge in [0.05, 0.1) is 7.11 Å². The molecule has 0 saturated heterocycles. The number of nitrogens with one attached hydrogen (secondary N) is 1. The molecule has 0 fully saturated rings. The fourth-order valence-electron chi connectivity index (χ4n) is 3.39. The first-order valence-corrected chi connectivity index (χ1v) is 10.6. The second-order valence-corrected chi connectivity index (χ2v) is 7.64. The third-order valence-corrected chi connectivity index (χ3v) is 5.22. The van der Waals surface area contributed by atoms with Gasteiger partial charge in [0.25, 0.3) is 5.91 Å². The van der Waals surface area contributed by atoms with Gasteiger partial charge in [-0.3, -0.25) is 19.5 Å². The first kappa shape index (κ1) is 23.9. The number of para-hydroxylation sites is 1.